The Hall–Kier alpha value is -3.15. The van der Waals surface area contributed by atoms with Crippen molar-refractivity contribution in [3.63, 3.8) is 0 Å². The van der Waals surface area contributed by atoms with Gasteiger partial charge in [-0.2, -0.15) is 0 Å². The molecule has 3 heterocycles. The Labute approximate surface area is 150 Å². The second kappa shape index (κ2) is 7.00. The molecule has 1 amide bonds. The van der Waals surface area contributed by atoms with Crippen LogP contribution in [0.2, 0.25) is 0 Å². The van der Waals surface area contributed by atoms with Crippen LogP contribution in [0.4, 0.5) is 4.39 Å². The van der Waals surface area contributed by atoms with Crippen molar-refractivity contribution < 1.29 is 9.18 Å². The number of allylic oxidation sites excluding steroid dienone is 2. The maximum absolute atomic E-state index is 14.2. The largest absolute Gasteiger partial charge is 0.351 e. The average molecular weight is 351 g/mol. The van der Waals surface area contributed by atoms with E-state index < -0.39 is 5.82 Å². The molecule has 0 spiro atoms. The van der Waals surface area contributed by atoms with Crippen LogP contribution in [-0.2, 0) is 0 Å². The fourth-order valence-electron chi connectivity index (χ4n) is 2.97. The molecule has 7 heteroatoms. The highest BCUT2D eigenvalue weighted by atomic mass is 19.1. The van der Waals surface area contributed by atoms with E-state index in [0.29, 0.717) is 31.7 Å². The van der Waals surface area contributed by atoms with Gasteiger partial charge in [0.2, 0.25) is 0 Å². The molecular weight excluding hydrogens is 333 g/mol. The molecule has 0 unspecified atom stereocenters. The van der Waals surface area contributed by atoms with E-state index in [4.69, 9.17) is 0 Å². The lowest BCUT2D eigenvalue weighted by Crippen LogP contribution is -2.35. The summed E-state index contributed by atoms with van der Waals surface area (Å²) < 4.78 is 14.2. The molecule has 3 aliphatic heterocycles. The van der Waals surface area contributed by atoms with E-state index in [9.17, 15) is 9.18 Å². The van der Waals surface area contributed by atoms with Crippen LogP contribution in [0.15, 0.2) is 59.3 Å². The molecule has 0 fully saturated rings. The minimum atomic E-state index is -0.460. The van der Waals surface area contributed by atoms with E-state index in [1.165, 1.54) is 12.1 Å². The van der Waals surface area contributed by atoms with Crippen LogP contribution in [-0.4, -0.2) is 42.8 Å². The second-order valence-corrected chi connectivity index (χ2v) is 6.05. The molecule has 3 aliphatic rings. The van der Waals surface area contributed by atoms with Crippen molar-refractivity contribution >= 4 is 17.3 Å². The van der Waals surface area contributed by atoms with Crippen LogP contribution in [0.25, 0.3) is 5.57 Å². The summed E-state index contributed by atoms with van der Waals surface area (Å²) >= 11 is 0. The van der Waals surface area contributed by atoms with Crippen molar-refractivity contribution in [1.82, 2.24) is 20.9 Å². The first-order valence-electron chi connectivity index (χ1n) is 8.45. The predicted molar refractivity (Wildman–Crippen MR) is 97.6 cm³/mol. The molecule has 132 valence electrons. The summed E-state index contributed by atoms with van der Waals surface area (Å²) in [5.41, 5.74) is 4.68. The van der Waals surface area contributed by atoms with Gasteiger partial charge in [0.05, 0.1) is 12.7 Å². The molecule has 3 N–H and O–H groups in total. The van der Waals surface area contributed by atoms with Crippen LogP contribution in [0.1, 0.15) is 15.9 Å². The van der Waals surface area contributed by atoms with Gasteiger partial charge in [-0.25, -0.2) is 4.39 Å². The highest BCUT2D eigenvalue weighted by Crippen LogP contribution is 2.27. The van der Waals surface area contributed by atoms with E-state index in [1.54, 1.807) is 18.3 Å². The highest BCUT2D eigenvalue weighted by molar-refractivity contribution is 5.98. The first-order valence-corrected chi connectivity index (χ1v) is 8.45. The fourth-order valence-corrected chi connectivity index (χ4v) is 2.97. The fraction of sp³-hybridized carbons (Fsp3) is 0.211. The number of rotatable bonds is 0. The molecule has 0 aromatic heterocycles. The molecule has 0 aliphatic carbocycles. The van der Waals surface area contributed by atoms with Crippen molar-refractivity contribution in [3.8, 4) is 0 Å². The van der Waals surface area contributed by atoms with E-state index in [0.717, 1.165) is 17.2 Å². The zero-order valence-electron chi connectivity index (χ0n) is 14.1. The van der Waals surface area contributed by atoms with Gasteiger partial charge in [-0.05, 0) is 35.9 Å². The van der Waals surface area contributed by atoms with Gasteiger partial charge in [0, 0.05) is 37.0 Å². The molecule has 0 saturated carbocycles. The number of hydrogen-bond donors (Lipinski definition) is 3. The molecule has 1 aromatic carbocycles. The molecule has 0 saturated heterocycles. The number of nitrogens with zero attached hydrogens (tertiary/aromatic N) is 2. The molecule has 0 atom stereocenters. The summed E-state index contributed by atoms with van der Waals surface area (Å²) in [6.45, 7) is 2.39. The van der Waals surface area contributed by atoms with Gasteiger partial charge in [0.1, 0.15) is 17.5 Å². The smallest absolute Gasteiger partial charge is 0.251 e. The molecular formula is C19H18FN5O. The number of fused-ring (bicyclic) bond motifs is 4. The molecule has 1 aromatic rings. The van der Waals surface area contributed by atoms with Gasteiger partial charge in [0.15, 0.2) is 0 Å². The number of benzene rings is 1. The number of carbonyl (C=O) groups excluding carboxylic acids is 1. The Morgan fingerprint density at radius 2 is 2.04 bits per heavy atom. The van der Waals surface area contributed by atoms with Gasteiger partial charge < -0.3 is 20.9 Å². The van der Waals surface area contributed by atoms with Crippen LogP contribution in [0.5, 0.6) is 0 Å². The first kappa shape index (κ1) is 16.3. The number of hydrogen-bond acceptors (Lipinski definition) is 5. The molecule has 0 radical (unpaired) electrons. The summed E-state index contributed by atoms with van der Waals surface area (Å²) in [5.74, 6) is 0.733. The highest BCUT2D eigenvalue weighted by Gasteiger charge is 2.20. The van der Waals surface area contributed by atoms with E-state index in [2.05, 4.69) is 26.7 Å². The van der Waals surface area contributed by atoms with Gasteiger partial charge in [-0.1, -0.05) is 0 Å². The van der Waals surface area contributed by atoms with Crippen LogP contribution < -0.4 is 16.0 Å². The lowest BCUT2D eigenvalue weighted by Gasteiger charge is -2.28. The van der Waals surface area contributed by atoms with Gasteiger partial charge in [0.25, 0.3) is 5.91 Å². The van der Waals surface area contributed by atoms with Crippen molar-refractivity contribution in [3.05, 3.63) is 71.2 Å². The lowest BCUT2D eigenvalue weighted by atomic mass is 10.0. The number of aliphatic imine (C=N–C) groups is 1. The Kier molecular flexibility index (Phi) is 4.39. The summed E-state index contributed by atoms with van der Waals surface area (Å²) in [6, 6.07) is 4.35. The van der Waals surface area contributed by atoms with Gasteiger partial charge >= 0.3 is 0 Å². The maximum atomic E-state index is 14.2. The van der Waals surface area contributed by atoms with E-state index in [-0.39, 0.29) is 11.5 Å². The third-order valence-corrected chi connectivity index (χ3v) is 4.22. The normalized spacial score (nSPS) is 19.3. The monoisotopic (exact) mass is 351 g/mol. The van der Waals surface area contributed by atoms with E-state index >= 15 is 0 Å². The summed E-state index contributed by atoms with van der Waals surface area (Å²) in [7, 11) is 0. The standard InChI is InChI=1S/C19H18FN5O/c20-15-11-13-10-14(12-15)19(26)23-7-5-21-4-6-22-17-3-9-25-8-1-2-16(13)18(25)24-17/h2-3,8-12,21H,4-7H2,(H,22,24)(H,23,26). The minimum Gasteiger partial charge on any atom is -0.351 e. The van der Waals surface area contributed by atoms with Crippen molar-refractivity contribution in [1.29, 1.82) is 0 Å². The third kappa shape index (κ3) is 3.31. The maximum Gasteiger partial charge on any atom is 0.251 e. The second-order valence-electron chi connectivity index (χ2n) is 6.05. The Morgan fingerprint density at radius 3 is 2.96 bits per heavy atom. The number of carbonyl (C=O) groups is 1. The van der Waals surface area contributed by atoms with Gasteiger partial charge in [-0.15, -0.1) is 5.73 Å². The molecule has 6 nitrogen and oxygen atoms in total. The van der Waals surface area contributed by atoms with Gasteiger partial charge in [-0.3, -0.25) is 9.79 Å². The molecule has 4 rings (SSSR count). The summed E-state index contributed by atoms with van der Waals surface area (Å²) in [5, 5.41) is 9.29. The average Bonchev–Trinajstić information content (AvgIpc) is 2.65. The van der Waals surface area contributed by atoms with Crippen molar-refractivity contribution in [2.45, 2.75) is 0 Å². The van der Waals surface area contributed by atoms with Crippen LogP contribution in [0.3, 0.4) is 0 Å². The minimum absolute atomic E-state index is 0.290. The Balaban J connectivity index is 1.83. The quantitative estimate of drug-likeness (QED) is 0.617. The summed E-state index contributed by atoms with van der Waals surface area (Å²) in [4.78, 5) is 18.7. The number of amidine groups is 1. The SMILES string of the molecule is O=C1NCCNCCN=C2C=CN3C=C=CC(=C3N2)c2cc(F)cc1c2. The lowest BCUT2D eigenvalue weighted by molar-refractivity contribution is 0.0953. The number of nitrogens with one attached hydrogen (secondary N) is 3. The third-order valence-electron chi connectivity index (χ3n) is 4.22. The Bertz CT molecular complexity index is 909. The first-order chi connectivity index (χ1) is 12.7. The zero-order valence-corrected chi connectivity index (χ0v) is 14.1. The Morgan fingerprint density at radius 1 is 1.15 bits per heavy atom. The number of amides is 1. The predicted octanol–water partition coefficient (Wildman–Crippen LogP) is 1.33. The zero-order chi connectivity index (χ0) is 17.9. The molecule has 4 bridgehead atoms. The van der Waals surface area contributed by atoms with Crippen LogP contribution >= 0.6 is 0 Å². The molecule has 26 heavy (non-hydrogen) atoms. The number of halogens is 1. The summed E-state index contributed by atoms with van der Waals surface area (Å²) in [6.07, 6.45) is 7.31. The topological polar surface area (TPSA) is 68.8 Å². The van der Waals surface area contributed by atoms with Crippen molar-refractivity contribution in [2.24, 2.45) is 4.99 Å². The van der Waals surface area contributed by atoms with Crippen molar-refractivity contribution in [2.75, 3.05) is 26.2 Å². The van der Waals surface area contributed by atoms with Crippen LogP contribution in [0, 0.1) is 5.82 Å². The van der Waals surface area contributed by atoms with E-state index in [1.807, 2.05) is 17.2 Å².